The van der Waals surface area contributed by atoms with Gasteiger partial charge in [-0.3, -0.25) is 24.0 Å². The van der Waals surface area contributed by atoms with Crippen molar-refractivity contribution in [1.82, 2.24) is 26.2 Å². The zero-order chi connectivity index (χ0) is 33.8. The van der Waals surface area contributed by atoms with Gasteiger partial charge in [0.15, 0.2) is 5.60 Å². The number of urea groups is 1. The smallest absolute Gasteiger partial charge is 0.315 e. The maximum Gasteiger partial charge on any atom is 0.315 e. The molecule has 2 fully saturated rings. The van der Waals surface area contributed by atoms with Gasteiger partial charge in [0.05, 0.1) is 24.8 Å². The van der Waals surface area contributed by atoms with E-state index >= 15 is 0 Å². The summed E-state index contributed by atoms with van der Waals surface area (Å²) in [6.07, 6.45) is 2.63. The molecule has 0 unspecified atom stereocenters. The van der Waals surface area contributed by atoms with Crippen molar-refractivity contribution in [2.24, 2.45) is 16.3 Å². The van der Waals surface area contributed by atoms with Crippen molar-refractivity contribution in [3.63, 3.8) is 0 Å². The third kappa shape index (κ3) is 8.53. The molecule has 15 heteroatoms. The summed E-state index contributed by atoms with van der Waals surface area (Å²) >= 11 is 6.19. The molecule has 1 aliphatic carbocycles. The van der Waals surface area contributed by atoms with Crippen LogP contribution in [0.2, 0.25) is 5.02 Å². The number of halogens is 1. The molecule has 46 heavy (non-hydrogen) atoms. The average molecular weight is 660 g/mol. The van der Waals surface area contributed by atoms with Gasteiger partial charge in [-0.05, 0) is 36.8 Å². The molecular weight excluding hydrogens is 618 g/mol. The Bertz CT molecular complexity index is 1420. The van der Waals surface area contributed by atoms with Crippen LogP contribution in [0.15, 0.2) is 29.4 Å². The molecule has 2 heterocycles. The van der Waals surface area contributed by atoms with E-state index in [4.69, 9.17) is 22.2 Å². The Morgan fingerprint density at radius 2 is 1.87 bits per heavy atom. The molecule has 0 bridgehead atoms. The van der Waals surface area contributed by atoms with E-state index in [9.17, 15) is 28.8 Å². The van der Waals surface area contributed by atoms with Crippen LogP contribution in [-0.2, 0) is 28.8 Å². The molecule has 1 saturated heterocycles. The van der Waals surface area contributed by atoms with Gasteiger partial charge in [0.25, 0.3) is 5.91 Å². The van der Waals surface area contributed by atoms with Crippen LogP contribution in [0.1, 0.15) is 71.8 Å². The van der Waals surface area contributed by atoms with Gasteiger partial charge in [0.2, 0.25) is 23.5 Å². The molecule has 14 nitrogen and oxygen atoms in total. The second-order valence-corrected chi connectivity index (χ2v) is 13.7. The Kier molecular flexibility index (Phi) is 10.6. The highest BCUT2D eigenvalue weighted by atomic mass is 35.5. The molecule has 6 amide bonds. The fraction of sp³-hybridized carbons (Fsp3) is 0.581. The summed E-state index contributed by atoms with van der Waals surface area (Å²) in [5.74, 6) is -3.49. The van der Waals surface area contributed by atoms with Gasteiger partial charge in [-0.15, -0.1) is 0 Å². The Morgan fingerprint density at radius 1 is 1.15 bits per heavy atom. The number of benzene rings is 1. The largest absolute Gasteiger partial charge is 0.387 e. The normalized spacial score (nSPS) is 21.9. The minimum atomic E-state index is -1.14. The van der Waals surface area contributed by atoms with Crippen molar-refractivity contribution in [1.29, 1.82) is 0 Å². The van der Waals surface area contributed by atoms with Crippen molar-refractivity contribution in [2.75, 3.05) is 13.1 Å². The lowest BCUT2D eigenvalue weighted by atomic mass is 9.85. The maximum absolute atomic E-state index is 14.3. The standard InChI is InChI=1S/C31H42ClN7O7/c1-5-7-20(24(41)27(43)35-19-10-11-19)36-26(42)22-14-31(13-21(38-46-31)17-8-6-9-18(32)12-17)16-39(22)28(44)25(30(2,3)4)37-29(45)34-15-23(33)40/h6,8-9,12,19-20,22,25H,5,7,10-11,13-16H2,1-4H3,(H2,33,40)(H,35,43)(H,36,42)(H2,34,37,45)/t20-,22-,25+,31+/m0/s1. The minimum Gasteiger partial charge on any atom is -0.387 e. The van der Waals surface area contributed by atoms with Crippen LogP contribution in [0.5, 0.6) is 0 Å². The van der Waals surface area contributed by atoms with Crippen molar-refractivity contribution in [3.8, 4) is 0 Å². The van der Waals surface area contributed by atoms with Gasteiger partial charge in [-0.25, -0.2) is 4.79 Å². The van der Waals surface area contributed by atoms with E-state index < -0.39 is 71.1 Å². The fourth-order valence-electron chi connectivity index (χ4n) is 5.58. The number of hydrogen-bond donors (Lipinski definition) is 5. The number of nitrogens with one attached hydrogen (secondary N) is 4. The number of hydrogen-bond acceptors (Lipinski definition) is 8. The summed E-state index contributed by atoms with van der Waals surface area (Å²) in [5, 5.41) is 15.1. The molecular formula is C31H42ClN7O7. The molecule has 1 aromatic carbocycles. The van der Waals surface area contributed by atoms with E-state index in [0.717, 1.165) is 18.4 Å². The number of carbonyl (C=O) groups excluding carboxylic acids is 6. The number of primary amides is 1. The summed E-state index contributed by atoms with van der Waals surface area (Å²) < 4.78 is 0. The van der Waals surface area contributed by atoms with Crippen molar-refractivity contribution in [3.05, 3.63) is 34.9 Å². The highest BCUT2D eigenvalue weighted by molar-refractivity contribution is 6.38. The number of Topliss-reactive ketones (excluding diaryl/α,β-unsaturated/α-hetero) is 1. The fourth-order valence-corrected chi connectivity index (χ4v) is 5.77. The van der Waals surface area contributed by atoms with E-state index in [1.807, 2.05) is 13.0 Å². The van der Waals surface area contributed by atoms with Crippen LogP contribution in [0, 0.1) is 5.41 Å². The Labute approximate surface area is 272 Å². The number of rotatable bonds is 12. The van der Waals surface area contributed by atoms with E-state index in [1.54, 1.807) is 39.0 Å². The van der Waals surface area contributed by atoms with Crippen LogP contribution in [0.25, 0.3) is 0 Å². The lowest BCUT2D eigenvalue weighted by Gasteiger charge is -2.35. The topological polar surface area (TPSA) is 201 Å². The second-order valence-electron chi connectivity index (χ2n) is 13.2. The third-order valence-corrected chi connectivity index (χ3v) is 8.38. The number of likely N-dealkylation sites (tertiary alicyclic amines) is 1. The lowest BCUT2D eigenvalue weighted by molar-refractivity contribution is -0.144. The molecule has 2 aliphatic heterocycles. The molecule has 4 rings (SSSR count). The van der Waals surface area contributed by atoms with Gasteiger partial charge in [-0.2, -0.15) is 0 Å². The number of ketones is 1. The first-order valence-electron chi connectivity index (χ1n) is 15.4. The summed E-state index contributed by atoms with van der Waals surface area (Å²) in [6.45, 7) is 6.56. The van der Waals surface area contributed by atoms with E-state index in [-0.39, 0.29) is 31.8 Å². The third-order valence-electron chi connectivity index (χ3n) is 8.14. The SMILES string of the molecule is CCC[C@H](NC(=O)[C@@H]1C[C@]2(CC(c3cccc(Cl)c3)=NO2)CN1C(=O)[C@@H](NC(=O)NCC(N)=O)C(C)(C)C)C(=O)C(=O)NC1CC1. The van der Waals surface area contributed by atoms with Gasteiger partial charge in [0, 0.05) is 29.5 Å². The quantitative estimate of drug-likeness (QED) is 0.207. The highest BCUT2D eigenvalue weighted by Crippen LogP contribution is 2.40. The van der Waals surface area contributed by atoms with Crippen molar-refractivity contribution >= 4 is 52.8 Å². The van der Waals surface area contributed by atoms with Crippen LogP contribution in [0.3, 0.4) is 0 Å². The van der Waals surface area contributed by atoms with Crippen LogP contribution in [0.4, 0.5) is 4.79 Å². The van der Waals surface area contributed by atoms with Crippen molar-refractivity contribution < 1.29 is 33.6 Å². The average Bonchev–Trinajstić information content (AvgIpc) is 3.58. The minimum absolute atomic E-state index is 0.0319. The molecule has 0 aromatic heterocycles. The molecule has 1 spiro atoms. The van der Waals surface area contributed by atoms with E-state index in [2.05, 4.69) is 26.4 Å². The molecule has 0 radical (unpaired) electrons. The maximum atomic E-state index is 14.3. The Hall–Kier alpha value is -4.20. The number of nitrogens with zero attached hydrogens (tertiary/aromatic N) is 2. The first-order valence-corrected chi connectivity index (χ1v) is 15.8. The number of oxime groups is 1. The van der Waals surface area contributed by atoms with Crippen LogP contribution in [-0.4, -0.2) is 88.9 Å². The first kappa shape index (κ1) is 34.7. The lowest BCUT2D eigenvalue weighted by Crippen LogP contribution is -2.60. The molecule has 3 aliphatic rings. The molecule has 250 valence electrons. The molecule has 4 atom stereocenters. The number of carbonyl (C=O) groups is 6. The summed E-state index contributed by atoms with van der Waals surface area (Å²) in [6, 6.07) is 2.89. The van der Waals surface area contributed by atoms with E-state index in [1.165, 1.54) is 4.90 Å². The predicted molar refractivity (Wildman–Crippen MR) is 169 cm³/mol. The second kappa shape index (κ2) is 14.1. The van der Waals surface area contributed by atoms with E-state index in [0.29, 0.717) is 17.2 Å². The molecule has 1 aromatic rings. The van der Waals surface area contributed by atoms with Gasteiger partial charge < -0.3 is 36.7 Å². The Balaban J connectivity index is 1.60. The van der Waals surface area contributed by atoms with Crippen LogP contribution >= 0.6 is 11.6 Å². The predicted octanol–water partition coefficient (Wildman–Crippen LogP) is 1.14. The van der Waals surface area contributed by atoms with Gasteiger partial charge >= 0.3 is 6.03 Å². The first-order chi connectivity index (χ1) is 21.6. The zero-order valence-corrected chi connectivity index (χ0v) is 27.2. The number of amides is 6. The van der Waals surface area contributed by atoms with Gasteiger partial charge in [0.1, 0.15) is 12.1 Å². The van der Waals surface area contributed by atoms with Crippen molar-refractivity contribution in [2.45, 2.75) is 96.0 Å². The highest BCUT2D eigenvalue weighted by Gasteiger charge is 2.55. The zero-order valence-electron chi connectivity index (χ0n) is 26.5. The monoisotopic (exact) mass is 659 g/mol. The molecule has 1 saturated carbocycles. The number of nitrogens with two attached hydrogens (primary N) is 1. The summed E-state index contributed by atoms with van der Waals surface area (Å²) in [7, 11) is 0. The summed E-state index contributed by atoms with van der Waals surface area (Å²) in [4.78, 5) is 85.0. The van der Waals surface area contributed by atoms with Crippen LogP contribution < -0.4 is 27.0 Å². The Morgan fingerprint density at radius 3 is 2.48 bits per heavy atom. The van der Waals surface area contributed by atoms with Gasteiger partial charge in [-0.1, -0.05) is 63.0 Å². The molecule has 6 N–H and O–H groups in total. The summed E-state index contributed by atoms with van der Waals surface area (Å²) in [5.41, 5.74) is 4.54.